The Labute approximate surface area is 99.8 Å². The Hall–Kier alpha value is -1.07. The van der Waals surface area contributed by atoms with Crippen LogP contribution >= 0.6 is 7.80 Å². The molecule has 0 spiro atoms. The molecule has 0 saturated carbocycles. The zero-order valence-corrected chi connectivity index (χ0v) is 10.5. The molecule has 2 radical (unpaired) electrons. The topological polar surface area (TPSA) is 0 Å². The Morgan fingerprint density at radius 1 is 0.750 bits per heavy atom. The summed E-state index contributed by atoms with van der Waals surface area (Å²) in [7, 11) is 5.67. The van der Waals surface area contributed by atoms with Crippen LogP contribution in [0.5, 0.6) is 0 Å². The molecule has 0 atom stereocenters. The molecular formula is C14H14BP. The molecule has 2 heteroatoms. The van der Waals surface area contributed by atoms with Crippen molar-refractivity contribution in [3.05, 3.63) is 59.7 Å². The standard InChI is InChI=1S/C14H14BP/c1-11-7-3-5-9-13(11)16(15)14-10-6-4-8-12(14)2/h3-10H,1-2H3. The Morgan fingerprint density at radius 2 is 1.12 bits per heavy atom. The number of benzene rings is 2. The van der Waals surface area contributed by atoms with Crippen LogP contribution in [0.1, 0.15) is 11.1 Å². The third-order valence-electron chi connectivity index (χ3n) is 2.75. The van der Waals surface area contributed by atoms with Crippen molar-refractivity contribution in [3.63, 3.8) is 0 Å². The largest absolute Gasteiger partial charge is 0.121 e. The van der Waals surface area contributed by atoms with E-state index in [2.05, 4.69) is 62.4 Å². The second-order valence-corrected chi connectivity index (χ2v) is 5.65. The van der Waals surface area contributed by atoms with Gasteiger partial charge in [0, 0.05) is 0 Å². The van der Waals surface area contributed by atoms with Crippen molar-refractivity contribution in [1.82, 2.24) is 0 Å². The monoisotopic (exact) mass is 224 g/mol. The maximum Gasteiger partial charge on any atom is 0.121 e. The molecule has 0 aliphatic carbocycles. The van der Waals surface area contributed by atoms with E-state index >= 15 is 0 Å². The van der Waals surface area contributed by atoms with Crippen LogP contribution in [0.2, 0.25) is 0 Å². The molecule has 0 nitrogen and oxygen atoms in total. The van der Waals surface area contributed by atoms with E-state index in [-0.39, 0.29) is 0 Å². The minimum atomic E-state index is -0.712. The molecule has 0 unspecified atom stereocenters. The van der Waals surface area contributed by atoms with Crippen molar-refractivity contribution in [1.29, 1.82) is 0 Å². The zero-order chi connectivity index (χ0) is 11.5. The van der Waals surface area contributed by atoms with Gasteiger partial charge in [-0.05, 0) is 35.6 Å². The average molecular weight is 224 g/mol. The first-order valence-corrected chi connectivity index (χ1v) is 6.77. The van der Waals surface area contributed by atoms with Gasteiger partial charge in [0.15, 0.2) is 0 Å². The van der Waals surface area contributed by atoms with Crippen molar-refractivity contribution < 1.29 is 0 Å². The van der Waals surface area contributed by atoms with Gasteiger partial charge < -0.3 is 0 Å². The Balaban J connectivity index is 2.44. The highest BCUT2D eigenvalue weighted by atomic mass is 31.1. The van der Waals surface area contributed by atoms with Gasteiger partial charge in [-0.1, -0.05) is 56.3 Å². The van der Waals surface area contributed by atoms with Gasteiger partial charge in [0.25, 0.3) is 0 Å². The molecule has 0 aliphatic rings. The van der Waals surface area contributed by atoms with Crippen LogP contribution in [0, 0.1) is 13.8 Å². The van der Waals surface area contributed by atoms with Gasteiger partial charge in [-0.2, -0.15) is 0 Å². The molecule has 0 amide bonds. The lowest BCUT2D eigenvalue weighted by molar-refractivity contribution is 1.51. The summed E-state index contributed by atoms with van der Waals surface area (Å²) in [4.78, 5) is 0. The summed E-state index contributed by atoms with van der Waals surface area (Å²) in [6.45, 7) is 4.24. The highest BCUT2D eigenvalue weighted by Gasteiger charge is 2.10. The lowest BCUT2D eigenvalue weighted by Gasteiger charge is -2.18. The summed E-state index contributed by atoms with van der Waals surface area (Å²) in [5.41, 5.74) is 2.55. The van der Waals surface area contributed by atoms with E-state index in [0.717, 1.165) is 0 Å². The van der Waals surface area contributed by atoms with Crippen molar-refractivity contribution in [2.24, 2.45) is 0 Å². The van der Waals surface area contributed by atoms with E-state index in [9.17, 15) is 0 Å². The summed E-state index contributed by atoms with van der Waals surface area (Å²) in [6, 6.07) is 16.7. The summed E-state index contributed by atoms with van der Waals surface area (Å²) in [5, 5.41) is 2.54. The average Bonchev–Trinajstić information content (AvgIpc) is 2.29. The van der Waals surface area contributed by atoms with Crippen molar-refractivity contribution >= 4 is 26.0 Å². The molecule has 2 rings (SSSR count). The maximum atomic E-state index is 6.38. The summed E-state index contributed by atoms with van der Waals surface area (Å²) in [6.07, 6.45) is 0. The quantitative estimate of drug-likeness (QED) is 0.543. The van der Waals surface area contributed by atoms with Crippen LogP contribution in [0.3, 0.4) is 0 Å². The molecule has 2 aromatic rings. The Bertz CT molecular complexity index is 448. The first kappa shape index (κ1) is 11.4. The second-order valence-electron chi connectivity index (χ2n) is 3.94. The maximum absolute atomic E-state index is 6.38. The lowest BCUT2D eigenvalue weighted by Crippen LogP contribution is -2.16. The molecule has 0 aromatic heterocycles. The summed E-state index contributed by atoms with van der Waals surface area (Å²) < 4.78 is 0. The SMILES string of the molecule is [B]P(c1ccccc1C)c1ccccc1C. The summed E-state index contributed by atoms with van der Waals surface area (Å²) in [5.74, 6) is 0. The van der Waals surface area contributed by atoms with Crippen LogP contribution in [0.25, 0.3) is 0 Å². The molecule has 0 heterocycles. The molecule has 0 aliphatic heterocycles. The molecule has 0 fully saturated rings. The van der Waals surface area contributed by atoms with E-state index < -0.39 is 7.80 Å². The highest BCUT2D eigenvalue weighted by molar-refractivity contribution is 7.94. The Kier molecular flexibility index (Phi) is 3.46. The van der Waals surface area contributed by atoms with E-state index in [4.69, 9.17) is 7.57 Å². The van der Waals surface area contributed by atoms with Gasteiger partial charge in [0.1, 0.15) is 7.57 Å². The smallest absolute Gasteiger partial charge is 0.0955 e. The normalized spacial score (nSPS) is 10.7. The van der Waals surface area contributed by atoms with Crippen LogP contribution in [0.15, 0.2) is 48.5 Å². The first-order chi connectivity index (χ1) is 7.70. The van der Waals surface area contributed by atoms with Gasteiger partial charge in [0.2, 0.25) is 0 Å². The molecule has 78 valence electrons. The van der Waals surface area contributed by atoms with Gasteiger partial charge in [0.05, 0.1) is 0 Å². The zero-order valence-electron chi connectivity index (χ0n) is 9.64. The van der Waals surface area contributed by atoms with E-state index in [0.29, 0.717) is 0 Å². The van der Waals surface area contributed by atoms with Crippen LogP contribution < -0.4 is 10.6 Å². The van der Waals surface area contributed by atoms with Crippen molar-refractivity contribution in [3.8, 4) is 0 Å². The van der Waals surface area contributed by atoms with Crippen LogP contribution in [-0.2, 0) is 0 Å². The molecule has 0 saturated heterocycles. The van der Waals surface area contributed by atoms with Gasteiger partial charge in [-0.3, -0.25) is 0 Å². The number of aryl methyl sites for hydroxylation is 2. The fourth-order valence-corrected chi connectivity index (χ4v) is 3.46. The molecule has 0 bridgehead atoms. The van der Waals surface area contributed by atoms with Crippen LogP contribution in [0.4, 0.5) is 0 Å². The number of hydrogen-bond donors (Lipinski definition) is 0. The molecule has 16 heavy (non-hydrogen) atoms. The van der Waals surface area contributed by atoms with Crippen molar-refractivity contribution in [2.45, 2.75) is 13.8 Å². The van der Waals surface area contributed by atoms with Crippen LogP contribution in [-0.4, -0.2) is 7.57 Å². The summed E-state index contributed by atoms with van der Waals surface area (Å²) >= 11 is 0. The second kappa shape index (κ2) is 4.85. The molecular weight excluding hydrogens is 210 g/mol. The molecule has 0 N–H and O–H groups in total. The Morgan fingerprint density at radius 3 is 1.50 bits per heavy atom. The fourth-order valence-electron chi connectivity index (χ4n) is 1.80. The number of rotatable bonds is 2. The third-order valence-corrected chi connectivity index (χ3v) is 4.79. The van der Waals surface area contributed by atoms with E-state index in [1.165, 1.54) is 21.7 Å². The van der Waals surface area contributed by atoms with Gasteiger partial charge in [-0.25, -0.2) is 0 Å². The molecule has 2 aromatic carbocycles. The highest BCUT2D eigenvalue weighted by Crippen LogP contribution is 2.29. The first-order valence-electron chi connectivity index (χ1n) is 5.36. The van der Waals surface area contributed by atoms with E-state index in [1.807, 2.05) is 0 Å². The predicted octanol–water partition coefficient (Wildman–Crippen LogP) is 2.82. The van der Waals surface area contributed by atoms with Gasteiger partial charge in [-0.15, -0.1) is 0 Å². The lowest BCUT2D eigenvalue weighted by atomic mass is 10.2. The van der Waals surface area contributed by atoms with Crippen molar-refractivity contribution in [2.75, 3.05) is 0 Å². The number of hydrogen-bond acceptors (Lipinski definition) is 0. The van der Waals surface area contributed by atoms with E-state index in [1.54, 1.807) is 0 Å². The minimum Gasteiger partial charge on any atom is -0.0955 e. The van der Waals surface area contributed by atoms with Gasteiger partial charge >= 0.3 is 0 Å². The predicted molar refractivity (Wildman–Crippen MR) is 74.3 cm³/mol. The third kappa shape index (κ3) is 2.20. The minimum absolute atomic E-state index is 0.712. The fraction of sp³-hybridized carbons (Fsp3) is 0.143.